The molecule has 0 saturated heterocycles. The lowest BCUT2D eigenvalue weighted by atomic mass is 10.1. The van der Waals surface area contributed by atoms with Gasteiger partial charge >= 0.3 is 0 Å². The highest BCUT2D eigenvalue weighted by molar-refractivity contribution is 14.0. The zero-order chi connectivity index (χ0) is 17.4. The molecule has 0 spiro atoms. The average Bonchev–Trinajstić information content (AvgIpc) is 2.57. The van der Waals surface area contributed by atoms with E-state index in [1.807, 2.05) is 24.3 Å². The zero-order valence-corrected chi connectivity index (χ0v) is 18.0. The Kier molecular flexibility index (Phi) is 10.2. The lowest BCUT2D eigenvalue weighted by Crippen LogP contribution is -2.36. The van der Waals surface area contributed by atoms with Crippen molar-refractivity contribution in [1.82, 2.24) is 10.6 Å². The summed E-state index contributed by atoms with van der Waals surface area (Å²) in [5.41, 5.74) is 3.27. The molecule has 0 heterocycles. The van der Waals surface area contributed by atoms with Crippen molar-refractivity contribution in [3.63, 3.8) is 0 Å². The number of halogens is 3. The van der Waals surface area contributed by atoms with Gasteiger partial charge in [0.25, 0.3) is 0 Å². The van der Waals surface area contributed by atoms with E-state index in [1.54, 1.807) is 20.2 Å². The van der Waals surface area contributed by atoms with Crippen molar-refractivity contribution in [3.8, 4) is 0 Å². The Morgan fingerprint density at radius 2 is 1.76 bits per heavy atom. The monoisotopic (exact) mass is 493 g/mol. The second kappa shape index (κ2) is 11.6. The Balaban J connectivity index is 0.00000312. The van der Waals surface area contributed by atoms with Crippen molar-refractivity contribution < 1.29 is 4.74 Å². The van der Waals surface area contributed by atoms with Gasteiger partial charge in [0.15, 0.2) is 5.96 Å². The summed E-state index contributed by atoms with van der Waals surface area (Å²) in [7, 11) is 3.43. The highest BCUT2D eigenvalue weighted by atomic mass is 127. The minimum atomic E-state index is 0. The van der Waals surface area contributed by atoms with E-state index in [-0.39, 0.29) is 24.0 Å². The quantitative estimate of drug-likeness (QED) is 0.350. The molecule has 0 aliphatic carbocycles. The van der Waals surface area contributed by atoms with Crippen LogP contribution >= 0.6 is 47.2 Å². The summed E-state index contributed by atoms with van der Waals surface area (Å²) in [6.45, 7) is 1.85. The average molecular weight is 494 g/mol. The minimum Gasteiger partial charge on any atom is -0.380 e. The molecule has 136 valence electrons. The summed E-state index contributed by atoms with van der Waals surface area (Å²) in [5.74, 6) is 0.707. The van der Waals surface area contributed by atoms with Crippen LogP contribution in [0.2, 0.25) is 10.0 Å². The van der Waals surface area contributed by atoms with Gasteiger partial charge < -0.3 is 15.4 Å². The third-order valence-electron chi connectivity index (χ3n) is 3.45. The van der Waals surface area contributed by atoms with Gasteiger partial charge in [0, 0.05) is 37.3 Å². The first-order valence-electron chi connectivity index (χ1n) is 7.57. The first kappa shape index (κ1) is 22.0. The van der Waals surface area contributed by atoms with Crippen LogP contribution in [0.25, 0.3) is 0 Å². The van der Waals surface area contributed by atoms with Crippen LogP contribution in [-0.2, 0) is 24.4 Å². The normalized spacial score (nSPS) is 11.0. The molecule has 2 aromatic carbocycles. The topological polar surface area (TPSA) is 45.7 Å². The highest BCUT2D eigenvalue weighted by Crippen LogP contribution is 2.20. The number of nitrogens with zero attached hydrogens (tertiary/aromatic N) is 1. The SMILES string of the molecule is CN=C(NCc1cccc(COC)c1)NCc1ccc(Cl)cc1Cl.I. The molecular weight excluding hydrogens is 472 g/mol. The Bertz CT molecular complexity index is 710. The predicted molar refractivity (Wildman–Crippen MR) is 116 cm³/mol. The summed E-state index contributed by atoms with van der Waals surface area (Å²) < 4.78 is 5.16. The van der Waals surface area contributed by atoms with Crippen LogP contribution in [0.15, 0.2) is 47.5 Å². The summed E-state index contributed by atoms with van der Waals surface area (Å²) >= 11 is 12.1. The smallest absolute Gasteiger partial charge is 0.191 e. The van der Waals surface area contributed by atoms with Gasteiger partial charge in [-0.1, -0.05) is 53.5 Å². The Hall–Kier alpha value is -1.02. The second-order valence-electron chi connectivity index (χ2n) is 5.27. The van der Waals surface area contributed by atoms with Crippen molar-refractivity contribution in [2.24, 2.45) is 4.99 Å². The number of aliphatic imine (C=N–C) groups is 1. The van der Waals surface area contributed by atoms with Crippen molar-refractivity contribution in [1.29, 1.82) is 0 Å². The molecule has 0 amide bonds. The van der Waals surface area contributed by atoms with Crippen LogP contribution in [0.3, 0.4) is 0 Å². The summed E-state index contributed by atoms with van der Waals surface area (Å²) in [6.07, 6.45) is 0. The molecular formula is C18H22Cl2IN3O. The van der Waals surface area contributed by atoms with Gasteiger partial charge in [-0.2, -0.15) is 0 Å². The van der Waals surface area contributed by atoms with E-state index >= 15 is 0 Å². The fourth-order valence-electron chi connectivity index (χ4n) is 2.25. The van der Waals surface area contributed by atoms with Crippen LogP contribution in [0, 0.1) is 0 Å². The van der Waals surface area contributed by atoms with Crippen LogP contribution in [0.1, 0.15) is 16.7 Å². The minimum absolute atomic E-state index is 0. The molecule has 0 atom stereocenters. The molecule has 0 aromatic heterocycles. The number of nitrogens with one attached hydrogen (secondary N) is 2. The lowest BCUT2D eigenvalue weighted by Gasteiger charge is -2.13. The number of guanidine groups is 1. The fraction of sp³-hybridized carbons (Fsp3) is 0.278. The van der Waals surface area contributed by atoms with Gasteiger partial charge in [0.1, 0.15) is 0 Å². The molecule has 4 nitrogen and oxygen atoms in total. The number of benzene rings is 2. The van der Waals surface area contributed by atoms with E-state index in [0.717, 1.165) is 16.7 Å². The number of methoxy groups -OCH3 is 1. The van der Waals surface area contributed by atoms with Gasteiger partial charge in [-0.05, 0) is 28.8 Å². The lowest BCUT2D eigenvalue weighted by molar-refractivity contribution is 0.185. The first-order chi connectivity index (χ1) is 11.6. The first-order valence-corrected chi connectivity index (χ1v) is 8.33. The molecule has 0 aliphatic rings. The Morgan fingerprint density at radius 3 is 2.44 bits per heavy atom. The molecule has 2 aromatic rings. The molecule has 25 heavy (non-hydrogen) atoms. The largest absolute Gasteiger partial charge is 0.380 e. The molecule has 7 heteroatoms. The summed E-state index contributed by atoms with van der Waals surface area (Å²) in [6, 6.07) is 13.7. The van der Waals surface area contributed by atoms with Crippen molar-refractivity contribution in [2.75, 3.05) is 14.2 Å². The second-order valence-corrected chi connectivity index (χ2v) is 6.11. The number of hydrogen-bond acceptors (Lipinski definition) is 2. The number of hydrogen-bond donors (Lipinski definition) is 2. The van der Waals surface area contributed by atoms with E-state index in [0.29, 0.717) is 35.7 Å². The third-order valence-corrected chi connectivity index (χ3v) is 4.03. The van der Waals surface area contributed by atoms with Crippen molar-refractivity contribution in [3.05, 3.63) is 69.2 Å². The molecule has 0 aliphatic heterocycles. The van der Waals surface area contributed by atoms with Crippen LogP contribution < -0.4 is 10.6 Å². The van der Waals surface area contributed by atoms with Gasteiger partial charge in [-0.25, -0.2) is 0 Å². The molecule has 0 unspecified atom stereocenters. The van der Waals surface area contributed by atoms with E-state index in [1.165, 1.54) is 0 Å². The number of ether oxygens (including phenoxy) is 1. The maximum absolute atomic E-state index is 6.18. The zero-order valence-electron chi connectivity index (χ0n) is 14.2. The van der Waals surface area contributed by atoms with Gasteiger partial charge in [-0.3, -0.25) is 4.99 Å². The molecule has 0 saturated carbocycles. The molecule has 0 fully saturated rings. The molecule has 0 radical (unpaired) electrons. The Morgan fingerprint density at radius 1 is 1.04 bits per heavy atom. The fourth-order valence-corrected chi connectivity index (χ4v) is 2.72. The van der Waals surface area contributed by atoms with Gasteiger partial charge in [-0.15, -0.1) is 24.0 Å². The van der Waals surface area contributed by atoms with Gasteiger partial charge in [0.05, 0.1) is 6.61 Å². The van der Waals surface area contributed by atoms with Gasteiger partial charge in [0.2, 0.25) is 0 Å². The molecule has 0 bridgehead atoms. The predicted octanol–water partition coefficient (Wildman–Crippen LogP) is 4.62. The van der Waals surface area contributed by atoms with E-state index in [4.69, 9.17) is 27.9 Å². The molecule has 2 rings (SSSR count). The molecule has 2 N–H and O–H groups in total. The standard InChI is InChI=1S/C18H21Cl2N3O.HI/c1-21-18(23-11-15-6-7-16(19)9-17(15)20)22-10-13-4-3-5-14(8-13)12-24-2;/h3-9H,10-12H2,1-2H3,(H2,21,22,23);1H. The maximum Gasteiger partial charge on any atom is 0.191 e. The van der Waals surface area contributed by atoms with Crippen LogP contribution in [0.4, 0.5) is 0 Å². The maximum atomic E-state index is 6.18. The van der Waals surface area contributed by atoms with Crippen molar-refractivity contribution >= 4 is 53.1 Å². The third kappa shape index (κ3) is 7.40. The van der Waals surface area contributed by atoms with E-state index in [2.05, 4.69) is 27.8 Å². The van der Waals surface area contributed by atoms with Crippen LogP contribution in [0.5, 0.6) is 0 Å². The van der Waals surface area contributed by atoms with Crippen molar-refractivity contribution in [2.45, 2.75) is 19.7 Å². The van der Waals surface area contributed by atoms with Crippen LogP contribution in [-0.4, -0.2) is 20.1 Å². The van der Waals surface area contributed by atoms with E-state index in [9.17, 15) is 0 Å². The Labute approximate surface area is 176 Å². The number of rotatable bonds is 6. The highest BCUT2D eigenvalue weighted by Gasteiger charge is 2.04. The summed E-state index contributed by atoms with van der Waals surface area (Å²) in [5, 5.41) is 7.79. The summed E-state index contributed by atoms with van der Waals surface area (Å²) in [4.78, 5) is 4.22. The van der Waals surface area contributed by atoms with E-state index < -0.39 is 0 Å².